The van der Waals surface area contributed by atoms with Crippen LogP contribution in [0.2, 0.25) is 0 Å². The van der Waals surface area contributed by atoms with Gasteiger partial charge in [-0.05, 0) is 53.6 Å². The van der Waals surface area contributed by atoms with Gasteiger partial charge >= 0.3 is 0 Å². The van der Waals surface area contributed by atoms with E-state index in [2.05, 4.69) is 75.4 Å². The summed E-state index contributed by atoms with van der Waals surface area (Å²) in [5.41, 5.74) is 3.61. The molecule has 3 aromatic carbocycles. The molecule has 0 saturated heterocycles. The van der Waals surface area contributed by atoms with Crippen molar-refractivity contribution in [2.24, 2.45) is 0 Å². The topological polar surface area (TPSA) is 51.0 Å². The van der Waals surface area contributed by atoms with Gasteiger partial charge in [0.15, 0.2) is 5.16 Å². The van der Waals surface area contributed by atoms with E-state index < -0.39 is 0 Å². The molecule has 5 nitrogen and oxygen atoms in total. The molecular weight excluding hydrogens is 464 g/mol. The number of hydrogen-bond donors (Lipinski definition) is 0. The SMILES string of the molecule is O=C(CSc1nnc(Cc2cccc3ccccc23)n1C1CCCCC1)N1CCCc2ccccc21. The van der Waals surface area contributed by atoms with Crippen LogP contribution in [-0.2, 0) is 17.6 Å². The molecule has 6 rings (SSSR count). The maximum Gasteiger partial charge on any atom is 0.237 e. The third-order valence-electron chi connectivity index (χ3n) is 7.64. The van der Waals surface area contributed by atoms with Gasteiger partial charge in [0.25, 0.3) is 0 Å². The van der Waals surface area contributed by atoms with E-state index in [1.54, 1.807) is 11.8 Å². The number of carbonyl (C=O) groups excluding carboxylic acids is 1. The van der Waals surface area contributed by atoms with Gasteiger partial charge in [-0.2, -0.15) is 0 Å². The zero-order valence-corrected chi connectivity index (χ0v) is 21.4. The Bertz CT molecular complexity index is 1370. The zero-order chi connectivity index (χ0) is 24.3. The van der Waals surface area contributed by atoms with Gasteiger partial charge < -0.3 is 9.47 Å². The number of amides is 1. The highest BCUT2D eigenvalue weighted by Gasteiger charge is 2.26. The minimum absolute atomic E-state index is 0.154. The van der Waals surface area contributed by atoms with Crippen molar-refractivity contribution < 1.29 is 4.79 Å². The van der Waals surface area contributed by atoms with Crippen molar-refractivity contribution in [3.8, 4) is 0 Å². The lowest BCUT2D eigenvalue weighted by Crippen LogP contribution is -2.36. The van der Waals surface area contributed by atoms with Gasteiger partial charge in [-0.1, -0.05) is 91.7 Å². The number of rotatable bonds is 6. The second kappa shape index (κ2) is 10.5. The number of fused-ring (bicyclic) bond motifs is 2. The average Bonchev–Trinajstić information content (AvgIpc) is 3.34. The molecule has 2 aliphatic rings. The summed E-state index contributed by atoms with van der Waals surface area (Å²) in [6.45, 7) is 0.790. The number of aromatic nitrogens is 3. The Labute approximate surface area is 216 Å². The van der Waals surface area contributed by atoms with Gasteiger partial charge in [0, 0.05) is 24.7 Å². The molecule has 0 radical (unpaired) electrons. The molecule has 1 saturated carbocycles. The van der Waals surface area contributed by atoms with Crippen molar-refractivity contribution in [3.05, 3.63) is 83.7 Å². The van der Waals surface area contributed by atoms with Gasteiger partial charge in [0.05, 0.1) is 5.75 Å². The second-order valence-corrected chi connectivity index (χ2v) is 10.9. The van der Waals surface area contributed by atoms with Crippen LogP contribution in [0.4, 0.5) is 5.69 Å². The van der Waals surface area contributed by atoms with E-state index >= 15 is 0 Å². The summed E-state index contributed by atoms with van der Waals surface area (Å²) in [5, 5.41) is 12.7. The third-order valence-corrected chi connectivity index (χ3v) is 8.57. The number of nitrogens with zero attached hydrogens (tertiary/aromatic N) is 4. The summed E-state index contributed by atoms with van der Waals surface area (Å²) in [6, 6.07) is 23.7. The van der Waals surface area contributed by atoms with Gasteiger partial charge in [-0.15, -0.1) is 10.2 Å². The molecule has 1 amide bonds. The van der Waals surface area contributed by atoms with Gasteiger partial charge in [-0.25, -0.2) is 0 Å². The fourth-order valence-corrected chi connectivity index (χ4v) is 6.75. The molecule has 0 N–H and O–H groups in total. The van der Waals surface area contributed by atoms with Gasteiger partial charge in [0.1, 0.15) is 5.82 Å². The molecule has 36 heavy (non-hydrogen) atoms. The van der Waals surface area contributed by atoms with Crippen LogP contribution in [0.15, 0.2) is 71.9 Å². The summed E-state index contributed by atoms with van der Waals surface area (Å²) in [4.78, 5) is 15.3. The minimum Gasteiger partial charge on any atom is -0.311 e. The zero-order valence-electron chi connectivity index (χ0n) is 20.6. The molecule has 2 heterocycles. The Kier molecular flexibility index (Phi) is 6.77. The van der Waals surface area contributed by atoms with Crippen molar-refractivity contribution in [1.82, 2.24) is 14.8 Å². The molecule has 184 valence electrons. The molecular formula is C30H32N4OS. The van der Waals surface area contributed by atoms with Crippen LogP contribution in [0.3, 0.4) is 0 Å². The number of hydrogen-bond acceptors (Lipinski definition) is 4. The van der Waals surface area contributed by atoms with Gasteiger partial charge in [-0.3, -0.25) is 4.79 Å². The smallest absolute Gasteiger partial charge is 0.237 e. The average molecular weight is 497 g/mol. The highest BCUT2D eigenvalue weighted by atomic mass is 32.2. The minimum atomic E-state index is 0.154. The largest absolute Gasteiger partial charge is 0.311 e. The monoisotopic (exact) mass is 496 g/mol. The van der Waals surface area contributed by atoms with Crippen molar-refractivity contribution in [3.63, 3.8) is 0 Å². The van der Waals surface area contributed by atoms with E-state index in [1.807, 2.05) is 11.0 Å². The number of thioether (sulfide) groups is 1. The van der Waals surface area contributed by atoms with Crippen molar-refractivity contribution >= 4 is 34.1 Å². The Morgan fingerprint density at radius 3 is 2.61 bits per heavy atom. The summed E-state index contributed by atoms with van der Waals surface area (Å²) in [6.07, 6.45) is 8.89. The number of anilines is 1. The third kappa shape index (κ3) is 4.66. The molecule has 1 aliphatic heterocycles. The van der Waals surface area contributed by atoms with Crippen LogP contribution in [-0.4, -0.2) is 33.0 Å². The van der Waals surface area contributed by atoms with Gasteiger partial charge in [0.2, 0.25) is 5.91 Å². The first kappa shape index (κ1) is 23.3. The fourth-order valence-electron chi connectivity index (χ4n) is 5.85. The van der Waals surface area contributed by atoms with Crippen LogP contribution < -0.4 is 4.90 Å². The Morgan fingerprint density at radius 2 is 1.69 bits per heavy atom. The van der Waals surface area contributed by atoms with Crippen LogP contribution in [0.1, 0.15) is 61.5 Å². The predicted octanol–water partition coefficient (Wildman–Crippen LogP) is 6.60. The molecule has 1 aliphatic carbocycles. The second-order valence-electron chi connectivity index (χ2n) is 9.94. The highest BCUT2D eigenvalue weighted by Crippen LogP contribution is 2.34. The van der Waals surface area contributed by atoms with Crippen LogP contribution >= 0.6 is 11.8 Å². The molecule has 0 spiro atoms. The lowest BCUT2D eigenvalue weighted by atomic mass is 9.95. The van der Waals surface area contributed by atoms with Crippen LogP contribution in [0, 0.1) is 0 Å². The normalized spacial score (nSPS) is 16.3. The summed E-state index contributed by atoms with van der Waals surface area (Å²) >= 11 is 1.55. The number of carbonyl (C=O) groups is 1. The van der Waals surface area contributed by atoms with Crippen LogP contribution in [0.25, 0.3) is 10.8 Å². The van der Waals surface area contributed by atoms with E-state index in [0.29, 0.717) is 11.8 Å². The molecule has 0 unspecified atom stereocenters. The first-order chi connectivity index (χ1) is 17.8. The van der Waals surface area contributed by atoms with E-state index in [0.717, 1.165) is 55.3 Å². The number of para-hydroxylation sites is 1. The van der Waals surface area contributed by atoms with Crippen molar-refractivity contribution in [2.75, 3.05) is 17.2 Å². The number of aryl methyl sites for hydroxylation is 1. The molecule has 0 bridgehead atoms. The first-order valence-electron chi connectivity index (χ1n) is 13.2. The quantitative estimate of drug-likeness (QED) is 0.282. The fraction of sp³-hybridized carbons (Fsp3) is 0.367. The summed E-state index contributed by atoms with van der Waals surface area (Å²) in [5.74, 6) is 1.55. The van der Waals surface area contributed by atoms with Crippen LogP contribution in [0.5, 0.6) is 0 Å². The Morgan fingerprint density at radius 1 is 0.889 bits per heavy atom. The van der Waals surface area contributed by atoms with E-state index in [9.17, 15) is 4.79 Å². The maximum absolute atomic E-state index is 13.3. The Balaban J connectivity index is 1.26. The standard InChI is InChI=1S/C30H32N4OS/c35-29(33-19-9-14-23-11-5-7-18-27(23)33)21-36-30-32-31-28(34(30)25-15-2-1-3-16-25)20-24-13-8-12-22-10-4-6-17-26(22)24/h4-8,10-13,17-18,25H,1-3,9,14-16,19-21H2. The van der Waals surface area contributed by atoms with E-state index in [4.69, 9.17) is 0 Å². The van der Waals surface area contributed by atoms with E-state index in [1.165, 1.54) is 41.2 Å². The summed E-state index contributed by atoms with van der Waals surface area (Å²) < 4.78 is 2.36. The highest BCUT2D eigenvalue weighted by molar-refractivity contribution is 7.99. The first-order valence-corrected chi connectivity index (χ1v) is 14.2. The molecule has 1 aromatic heterocycles. The summed E-state index contributed by atoms with van der Waals surface area (Å²) in [7, 11) is 0. The lowest BCUT2D eigenvalue weighted by Gasteiger charge is -2.29. The molecule has 4 aromatic rings. The maximum atomic E-state index is 13.3. The van der Waals surface area contributed by atoms with Crippen molar-refractivity contribution in [1.29, 1.82) is 0 Å². The molecule has 6 heteroatoms. The van der Waals surface area contributed by atoms with Crippen molar-refractivity contribution in [2.45, 2.75) is 62.6 Å². The predicted molar refractivity (Wildman–Crippen MR) is 147 cm³/mol. The Hall–Kier alpha value is -3.12. The lowest BCUT2D eigenvalue weighted by molar-refractivity contribution is -0.116. The molecule has 0 atom stereocenters. The number of benzene rings is 3. The molecule has 1 fully saturated rings. The van der Waals surface area contributed by atoms with E-state index in [-0.39, 0.29) is 5.91 Å².